The molecule has 0 aliphatic heterocycles. The molecule has 1 aliphatic rings. The largest absolute Gasteiger partial charge is 0.485 e. The topological polar surface area (TPSA) is 90.1 Å². The SMILES string of the molecule is Cc1nc(COc2ccccc2C(=O)Nc2nc(C3CC3)cs2)no1. The number of rotatable bonds is 6. The van der Waals surface area contributed by atoms with Gasteiger partial charge in [-0.25, -0.2) is 4.98 Å². The summed E-state index contributed by atoms with van der Waals surface area (Å²) in [5.74, 6) is 1.68. The Morgan fingerprint density at radius 2 is 2.20 bits per heavy atom. The van der Waals surface area contributed by atoms with Crippen LogP contribution in [0.2, 0.25) is 0 Å². The van der Waals surface area contributed by atoms with E-state index in [0.29, 0.717) is 34.1 Å². The number of para-hydroxylation sites is 1. The highest BCUT2D eigenvalue weighted by Crippen LogP contribution is 2.41. The van der Waals surface area contributed by atoms with Crippen LogP contribution in [-0.4, -0.2) is 21.0 Å². The van der Waals surface area contributed by atoms with Crippen molar-refractivity contribution < 1.29 is 14.1 Å². The van der Waals surface area contributed by atoms with Crippen LogP contribution >= 0.6 is 11.3 Å². The number of aromatic nitrogens is 3. The highest BCUT2D eigenvalue weighted by molar-refractivity contribution is 7.14. The van der Waals surface area contributed by atoms with Crippen LogP contribution < -0.4 is 10.1 Å². The van der Waals surface area contributed by atoms with E-state index in [9.17, 15) is 4.79 Å². The van der Waals surface area contributed by atoms with Crippen LogP contribution in [0.3, 0.4) is 0 Å². The van der Waals surface area contributed by atoms with Gasteiger partial charge < -0.3 is 9.26 Å². The summed E-state index contributed by atoms with van der Waals surface area (Å²) < 4.78 is 10.6. The summed E-state index contributed by atoms with van der Waals surface area (Å²) in [5.41, 5.74) is 1.50. The molecule has 3 aromatic rings. The molecule has 1 saturated carbocycles. The number of ether oxygens (including phenoxy) is 1. The number of nitrogens with one attached hydrogen (secondary N) is 1. The van der Waals surface area contributed by atoms with Crippen molar-refractivity contribution in [2.45, 2.75) is 32.3 Å². The molecular weight excluding hydrogens is 340 g/mol. The molecule has 4 rings (SSSR count). The van der Waals surface area contributed by atoms with Crippen LogP contribution in [-0.2, 0) is 6.61 Å². The highest BCUT2D eigenvalue weighted by atomic mass is 32.1. The molecule has 2 aromatic heterocycles. The number of nitrogens with zero attached hydrogens (tertiary/aromatic N) is 3. The van der Waals surface area contributed by atoms with E-state index in [1.54, 1.807) is 25.1 Å². The standard InChI is InChI=1S/C17H16N4O3S/c1-10-18-15(21-24-10)8-23-14-5-3-2-4-12(14)16(22)20-17-19-13(9-25-17)11-6-7-11/h2-5,9,11H,6-8H2,1H3,(H,19,20,22). The summed E-state index contributed by atoms with van der Waals surface area (Å²) in [6.07, 6.45) is 2.37. The maximum absolute atomic E-state index is 12.6. The molecule has 1 N–H and O–H groups in total. The van der Waals surface area contributed by atoms with Crippen molar-refractivity contribution in [3.8, 4) is 5.75 Å². The molecule has 1 aromatic carbocycles. The average molecular weight is 356 g/mol. The molecule has 0 atom stereocenters. The zero-order chi connectivity index (χ0) is 17.2. The maximum Gasteiger partial charge on any atom is 0.261 e. The molecule has 0 saturated heterocycles. The minimum absolute atomic E-state index is 0.130. The molecule has 1 aliphatic carbocycles. The molecular formula is C17H16N4O3S. The second-order valence-corrected chi connectivity index (χ2v) is 6.68. The predicted molar refractivity (Wildman–Crippen MR) is 91.9 cm³/mol. The summed E-state index contributed by atoms with van der Waals surface area (Å²) >= 11 is 1.44. The second kappa shape index (κ2) is 6.64. The van der Waals surface area contributed by atoms with Crippen molar-refractivity contribution in [3.63, 3.8) is 0 Å². The molecule has 1 amide bonds. The summed E-state index contributed by atoms with van der Waals surface area (Å²) in [7, 11) is 0. The smallest absolute Gasteiger partial charge is 0.261 e. The summed E-state index contributed by atoms with van der Waals surface area (Å²) in [5, 5.41) is 9.24. The van der Waals surface area contributed by atoms with Gasteiger partial charge in [-0.15, -0.1) is 11.3 Å². The lowest BCUT2D eigenvalue weighted by atomic mass is 10.2. The van der Waals surface area contributed by atoms with Gasteiger partial charge in [0, 0.05) is 18.2 Å². The number of carbonyl (C=O) groups excluding carboxylic acids is 1. The Labute approximate surface area is 148 Å². The van der Waals surface area contributed by atoms with E-state index < -0.39 is 0 Å². The Bertz CT molecular complexity index is 901. The minimum Gasteiger partial charge on any atom is -0.485 e. The number of anilines is 1. The van der Waals surface area contributed by atoms with E-state index in [4.69, 9.17) is 9.26 Å². The fourth-order valence-electron chi connectivity index (χ4n) is 2.40. The monoisotopic (exact) mass is 356 g/mol. The van der Waals surface area contributed by atoms with E-state index in [2.05, 4.69) is 20.4 Å². The van der Waals surface area contributed by atoms with E-state index in [0.717, 1.165) is 5.69 Å². The molecule has 1 fully saturated rings. The zero-order valence-electron chi connectivity index (χ0n) is 13.6. The first kappa shape index (κ1) is 15.8. The third kappa shape index (κ3) is 3.69. The van der Waals surface area contributed by atoms with Crippen LogP contribution in [0.15, 0.2) is 34.2 Å². The van der Waals surface area contributed by atoms with Crippen molar-refractivity contribution in [1.29, 1.82) is 0 Å². The van der Waals surface area contributed by atoms with E-state index in [1.807, 2.05) is 11.4 Å². The third-order valence-corrected chi connectivity index (χ3v) is 4.57. The molecule has 8 heteroatoms. The first-order chi connectivity index (χ1) is 12.2. The van der Waals surface area contributed by atoms with Gasteiger partial charge in [-0.05, 0) is 25.0 Å². The second-order valence-electron chi connectivity index (χ2n) is 5.82. The molecule has 7 nitrogen and oxygen atoms in total. The van der Waals surface area contributed by atoms with E-state index in [1.165, 1.54) is 24.2 Å². The fraction of sp³-hybridized carbons (Fsp3) is 0.294. The Hall–Kier alpha value is -2.74. The first-order valence-corrected chi connectivity index (χ1v) is 8.85. The molecule has 0 bridgehead atoms. The Morgan fingerprint density at radius 1 is 1.36 bits per heavy atom. The van der Waals surface area contributed by atoms with Gasteiger partial charge >= 0.3 is 0 Å². The number of hydrogen-bond donors (Lipinski definition) is 1. The minimum atomic E-state index is -0.253. The van der Waals surface area contributed by atoms with Crippen LogP contribution in [0, 0.1) is 6.92 Å². The normalized spacial score (nSPS) is 13.6. The van der Waals surface area contributed by atoms with Gasteiger partial charge in [0.05, 0.1) is 11.3 Å². The summed E-state index contributed by atoms with van der Waals surface area (Å²) in [6, 6.07) is 7.04. The van der Waals surface area contributed by atoms with Gasteiger partial charge in [0.15, 0.2) is 11.7 Å². The lowest BCUT2D eigenvalue weighted by Crippen LogP contribution is -2.13. The lowest BCUT2D eigenvalue weighted by molar-refractivity contribution is 0.102. The zero-order valence-corrected chi connectivity index (χ0v) is 14.4. The number of benzene rings is 1. The van der Waals surface area contributed by atoms with Gasteiger partial charge in [0.25, 0.3) is 5.91 Å². The third-order valence-electron chi connectivity index (χ3n) is 3.80. The maximum atomic E-state index is 12.6. The van der Waals surface area contributed by atoms with Crippen LogP contribution in [0.25, 0.3) is 0 Å². The molecule has 25 heavy (non-hydrogen) atoms. The Kier molecular flexibility index (Phi) is 4.19. The van der Waals surface area contributed by atoms with Crippen molar-refractivity contribution in [2.75, 3.05) is 5.32 Å². The number of carbonyl (C=O) groups is 1. The highest BCUT2D eigenvalue weighted by Gasteiger charge is 2.26. The summed E-state index contributed by atoms with van der Waals surface area (Å²) in [6.45, 7) is 1.84. The molecule has 0 spiro atoms. The average Bonchev–Trinajstić information content (AvgIpc) is 3.23. The number of amides is 1. The molecule has 0 unspecified atom stereocenters. The lowest BCUT2D eigenvalue weighted by Gasteiger charge is -2.09. The van der Waals surface area contributed by atoms with Gasteiger partial charge in [-0.1, -0.05) is 17.3 Å². The van der Waals surface area contributed by atoms with Crippen LogP contribution in [0.5, 0.6) is 5.75 Å². The van der Waals surface area contributed by atoms with E-state index >= 15 is 0 Å². The van der Waals surface area contributed by atoms with Gasteiger partial charge in [-0.2, -0.15) is 4.98 Å². The van der Waals surface area contributed by atoms with Gasteiger partial charge in [0.2, 0.25) is 11.7 Å². The van der Waals surface area contributed by atoms with Crippen LogP contribution in [0.4, 0.5) is 5.13 Å². The van der Waals surface area contributed by atoms with Crippen LogP contribution in [0.1, 0.15) is 46.5 Å². The summed E-state index contributed by atoms with van der Waals surface area (Å²) in [4.78, 5) is 21.1. The van der Waals surface area contributed by atoms with E-state index in [-0.39, 0.29) is 12.5 Å². The molecule has 128 valence electrons. The van der Waals surface area contributed by atoms with Crippen molar-refractivity contribution in [3.05, 3.63) is 52.6 Å². The van der Waals surface area contributed by atoms with Gasteiger partial charge in [0.1, 0.15) is 5.75 Å². The van der Waals surface area contributed by atoms with Crippen molar-refractivity contribution in [2.24, 2.45) is 0 Å². The fourth-order valence-corrected chi connectivity index (χ4v) is 3.18. The van der Waals surface area contributed by atoms with Crippen molar-refractivity contribution >= 4 is 22.4 Å². The molecule has 2 heterocycles. The van der Waals surface area contributed by atoms with Gasteiger partial charge in [-0.3, -0.25) is 10.1 Å². The number of hydrogen-bond acceptors (Lipinski definition) is 7. The number of aryl methyl sites for hydroxylation is 1. The Balaban J connectivity index is 1.45. The molecule has 0 radical (unpaired) electrons. The number of thiazole rings is 1. The predicted octanol–water partition coefficient (Wildman–Crippen LogP) is 3.54. The first-order valence-electron chi connectivity index (χ1n) is 7.97. The Morgan fingerprint density at radius 3 is 2.96 bits per heavy atom. The quantitative estimate of drug-likeness (QED) is 0.726. The van der Waals surface area contributed by atoms with Crippen molar-refractivity contribution in [1.82, 2.24) is 15.1 Å².